The summed E-state index contributed by atoms with van der Waals surface area (Å²) in [4.78, 5) is 8.74. The number of aromatic nitrogens is 2. The molecular weight excluding hydrogens is 380 g/mol. The predicted octanol–water partition coefficient (Wildman–Crippen LogP) is 5.51. The van der Waals surface area contributed by atoms with E-state index in [4.69, 9.17) is 4.74 Å². The molecular formula is C19H19BrN4O. The molecule has 25 heavy (non-hydrogen) atoms. The molecule has 1 heterocycles. The van der Waals surface area contributed by atoms with Crippen LogP contribution in [0, 0.1) is 0 Å². The number of nitrogens with one attached hydrogen (secondary N) is 2. The van der Waals surface area contributed by atoms with E-state index in [0.29, 0.717) is 11.8 Å². The van der Waals surface area contributed by atoms with Crippen molar-refractivity contribution in [1.29, 1.82) is 0 Å². The van der Waals surface area contributed by atoms with Crippen LogP contribution in [-0.2, 0) is 0 Å². The van der Waals surface area contributed by atoms with Crippen molar-refractivity contribution < 1.29 is 4.74 Å². The first-order valence-corrected chi connectivity index (χ1v) is 8.77. The second-order valence-corrected chi connectivity index (χ2v) is 6.63. The van der Waals surface area contributed by atoms with Crippen molar-refractivity contribution in [1.82, 2.24) is 9.97 Å². The van der Waals surface area contributed by atoms with Gasteiger partial charge >= 0.3 is 0 Å². The summed E-state index contributed by atoms with van der Waals surface area (Å²) in [6, 6.07) is 17.5. The lowest BCUT2D eigenvalue weighted by Gasteiger charge is -2.11. The van der Waals surface area contributed by atoms with Crippen molar-refractivity contribution in [3.05, 3.63) is 65.3 Å². The smallest absolute Gasteiger partial charge is 0.229 e. The molecule has 6 heteroatoms. The zero-order valence-corrected chi connectivity index (χ0v) is 15.6. The topological polar surface area (TPSA) is 59.1 Å². The lowest BCUT2D eigenvalue weighted by Crippen LogP contribution is -2.05. The molecule has 3 aromatic rings. The van der Waals surface area contributed by atoms with Crippen LogP contribution >= 0.6 is 15.9 Å². The quantitative estimate of drug-likeness (QED) is 0.572. The second-order valence-electron chi connectivity index (χ2n) is 5.72. The Hall–Kier alpha value is -2.60. The van der Waals surface area contributed by atoms with Crippen LogP contribution in [0.4, 0.5) is 23.1 Å². The maximum atomic E-state index is 5.65. The molecule has 0 unspecified atom stereocenters. The number of rotatable bonds is 6. The minimum atomic E-state index is 0.160. The number of nitrogens with zero attached hydrogens (tertiary/aromatic N) is 2. The molecule has 128 valence electrons. The van der Waals surface area contributed by atoms with Gasteiger partial charge in [-0.3, -0.25) is 0 Å². The number of hydrogen-bond donors (Lipinski definition) is 2. The van der Waals surface area contributed by atoms with Gasteiger partial charge in [-0.15, -0.1) is 0 Å². The molecule has 5 nitrogen and oxygen atoms in total. The van der Waals surface area contributed by atoms with Crippen LogP contribution in [0.3, 0.4) is 0 Å². The fraction of sp³-hybridized carbons (Fsp3) is 0.158. The highest BCUT2D eigenvalue weighted by atomic mass is 79.9. The molecule has 1 aromatic heterocycles. The lowest BCUT2D eigenvalue weighted by atomic mass is 10.3. The number of benzene rings is 2. The van der Waals surface area contributed by atoms with Crippen molar-refractivity contribution in [2.45, 2.75) is 20.0 Å². The van der Waals surface area contributed by atoms with E-state index in [1.54, 1.807) is 6.20 Å². The first-order valence-electron chi connectivity index (χ1n) is 7.98. The normalized spacial score (nSPS) is 10.6. The molecule has 2 N–H and O–H groups in total. The number of ether oxygens (including phenoxy) is 1. The van der Waals surface area contributed by atoms with Crippen LogP contribution in [0.15, 0.2) is 65.3 Å². The van der Waals surface area contributed by atoms with Crippen LogP contribution in [0.1, 0.15) is 13.8 Å². The Kier molecular flexibility index (Phi) is 5.50. The molecule has 0 spiro atoms. The number of halogens is 1. The fourth-order valence-electron chi connectivity index (χ4n) is 2.22. The van der Waals surface area contributed by atoms with E-state index in [2.05, 4.69) is 36.5 Å². The minimum Gasteiger partial charge on any atom is -0.491 e. The average Bonchev–Trinajstić information content (AvgIpc) is 2.57. The van der Waals surface area contributed by atoms with Crippen molar-refractivity contribution >= 4 is 39.1 Å². The van der Waals surface area contributed by atoms with E-state index in [9.17, 15) is 0 Å². The molecule has 0 saturated heterocycles. The van der Waals surface area contributed by atoms with Gasteiger partial charge in [0.05, 0.1) is 6.10 Å². The Morgan fingerprint density at radius 1 is 0.960 bits per heavy atom. The Balaban J connectivity index is 1.69. The Bertz CT molecular complexity index is 837. The standard InChI is InChI=1S/C19H19BrN4O/c1-13(2)25-17-8-6-15(7-9-17)22-18-10-11-21-19(24-18)23-16-5-3-4-14(20)12-16/h3-13H,1-2H3,(H2,21,22,23,24). The van der Waals surface area contributed by atoms with Crippen LogP contribution in [0.2, 0.25) is 0 Å². The number of hydrogen-bond acceptors (Lipinski definition) is 5. The van der Waals surface area contributed by atoms with Crippen molar-refractivity contribution in [2.75, 3.05) is 10.6 Å². The Labute approximate surface area is 155 Å². The SMILES string of the molecule is CC(C)Oc1ccc(Nc2ccnc(Nc3cccc(Br)c3)n2)cc1. The van der Waals surface area contributed by atoms with Crippen molar-refractivity contribution in [3.63, 3.8) is 0 Å². The van der Waals surface area contributed by atoms with E-state index in [1.807, 2.05) is 68.4 Å². The highest BCUT2D eigenvalue weighted by Gasteiger charge is 2.03. The van der Waals surface area contributed by atoms with Crippen molar-refractivity contribution in [3.8, 4) is 5.75 Å². The van der Waals surface area contributed by atoms with Gasteiger partial charge in [0, 0.05) is 22.0 Å². The third-order valence-corrected chi connectivity index (χ3v) is 3.73. The summed E-state index contributed by atoms with van der Waals surface area (Å²) in [5.41, 5.74) is 1.85. The highest BCUT2D eigenvalue weighted by Crippen LogP contribution is 2.22. The summed E-state index contributed by atoms with van der Waals surface area (Å²) in [6.45, 7) is 4.01. The third-order valence-electron chi connectivity index (χ3n) is 3.23. The molecule has 3 rings (SSSR count). The monoisotopic (exact) mass is 398 g/mol. The van der Waals surface area contributed by atoms with Crippen LogP contribution in [0.25, 0.3) is 0 Å². The van der Waals surface area contributed by atoms with Gasteiger partial charge in [-0.2, -0.15) is 4.98 Å². The molecule has 0 radical (unpaired) electrons. The molecule has 0 aliphatic rings. The fourth-order valence-corrected chi connectivity index (χ4v) is 2.62. The van der Waals surface area contributed by atoms with Crippen LogP contribution in [-0.4, -0.2) is 16.1 Å². The highest BCUT2D eigenvalue weighted by molar-refractivity contribution is 9.10. The average molecular weight is 399 g/mol. The number of anilines is 4. The van der Waals surface area contributed by atoms with Gasteiger partial charge in [-0.1, -0.05) is 22.0 Å². The van der Waals surface area contributed by atoms with Gasteiger partial charge in [-0.25, -0.2) is 4.98 Å². The summed E-state index contributed by atoms with van der Waals surface area (Å²) < 4.78 is 6.64. The first-order chi connectivity index (χ1) is 12.1. The maximum Gasteiger partial charge on any atom is 0.229 e. The van der Waals surface area contributed by atoms with Gasteiger partial charge in [0.25, 0.3) is 0 Å². The summed E-state index contributed by atoms with van der Waals surface area (Å²) in [7, 11) is 0. The molecule has 0 atom stereocenters. The maximum absolute atomic E-state index is 5.65. The summed E-state index contributed by atoms with van der Waals surface area (Å²) in [5.74, 6) is 2.09. The minimum absolute atomic E-state index is 0.160. The van der Waals surface area contributed by atoms with Gasteiger partial charge in [0.15, 0.2) is 0 Å². The van der Waals surface area contributed by atoms with Crippen LogP contribution < -0.4 is 15.4 Å². The van der Waals surface area contributed by atoms with E-state index in [0.717, 1.165) is 21.6 Å². The molecule has 0 amide bonds. The molecule has 0 saturated carbocycles. The largest absolute Gasteiger partial charge is 0.491 e. The molecule has 0 bridgehead atoms. The van der Waals surface area contributed by atoms with E-state index >= 15 is 0 Å². The Morgan fingerprint density at radius 3 is 2.48 bits per heavy atom. The third kappa shape index (κ3) is 5.19. The van der Waals surface area contributed by atoms with Gasteiger partial charge in [-0.05, 0) is 62.4 Å². The van der Waals surface area contributed by atoms with Gasteiger partial charge in [0.1, 0.15) is 11.6 Å². The molecule has 0 aliphatic heterocycles. The zero-order chi connectivity index (χ0) is 17.6. The molecule has 2 aromatic carbocycles. The lowest BCUT2D eigenvalue weighted by molar-refractivity contribution is 0.242. The first kappa shape index (κ1) is 17.2. The summed E-state index contributed by atoms with van der Waals surface area (Å²) in [6.07, 6.45) is 1.87. The van der Waals surface area contributed by atoms with Crippen molar-refractivity contribution in [2.24, 2.45) is 0 Å². The van der Waals surface area contributed by atoms with E-state index in [-0.39, 0.29) is 6.10 Å². The summed E-state index contributed by atoms with van der Waals surface area (Å²) >= 11 is 3.45. The van der Waals surface area contributed by atoms with E-state index < -0.39 is 0 Å². The Morgan fingerprint density at radius 2 is 1.76 bits per heavy atom. The molecule has 0 fully saturated rings. The van der Waals surface area contributed by atoms with Crippen LogP contribution in [0.5, 0.6) is 5.75 Å². The molecule has 0 aliphatic carbocycles. The zero-order valence-electron chi connectivity index (χ0n) is 14.0. The summed E-state index contributed by atoms with van der Waals surface area (Å²) in [5, 5.41) is 6.46. The van der Waals surface area contributed by atoms with Gasteiger partial charge < -0.3 is 15.4 Å². The predicted molar refractivity (Wildman–Crippen MR) is 105 cm³/mol. The van der Waals surface area contributed by atoms with Gasteiger partial charge in [0.2, 0.25) is 5.95 Å². The second kappa shape index (κ2) is 7.98. The van der Waals surface area contributed by atoms with E-state index in [1.165, 1.54) is 0 Å².